The van der Waals surface area contributed by atoms with E-state index in [1.165, 1.54) is 22.1 Å². The van der Waals surface area contributed by atoms with E-state index in [4.69, 9.17) is 0 Å². The Balaban J connectivity index is 1.41. The lowest BCUT2D eigenvalue weighted by molar-refractivity contribution is 0.537. The maximum absolute atomic E-state index is 12.6. The van der Waals surface area contributed by atoms with E-state index in [-0.39, 0.29) is 17.0 Å². The molecule has 0 aliphatic carbocycles. The Bertz CT molecular complexity index is 1350. The van der Waals surface area contributed by atoms with Crippen LogP contribution in [0.4, 0.5) is 0 Å². The van der Waals surface area contributed by atoms with E-state index >= 15 is 0 Å². The Hall–Kier alpha value is -2.88. The molecule has 0 spiro atoms. The second-order valence-corrected chi connectivity index (χ2v) is 9.76. The van der Waals surface area contributed by atoms with E-state index in [2.05, 4.69) is 14.8 Å². The smallest absolute Gasteiger partial charge is 0.266 e. The Morgan fingerprint density at radius 1 is 1.07 bits per heavy atom. The van der Waals surface area contributed by atoms with Gasteiger partial charge in [-0.1, -0.05) is 30.3 Å². The van der Waals surface area contributed by atoms with Crippen LogP contribution in [-0.2, 0) is 16.6 Å². The topological polar surface area (TPSA) is 93.9 Å². The van der Waals surface area contributed by atoms with Crippen molar-refractivity contribution in [2.75, 3.05) is 6.54 Å². The van der Waals surface area contributed by atoms with Crippen molar-refractivity contribution >= 4 is 31.6 Å². The number of benzene rings is 2. The van der Waals surface area contributed by atoms with Crippen LogP contribution >= 0.6 is 11.3 Å². The van der Waals surface area contributed by atoms with Crippen LogP contribution < -0.4 is 10.3 Å². The molecule has 0 bridgehead atoms. The highest BCUT2D eigenvalue weighted by Gasteiger charge is 2.15. The molecule has 2 aromatic carbocycles. The SMILES string of the molecule is Cc1nc2ccc(S(=O)(=O)NCCCn3nc(-c4ccccc4)ccc3=O)cc2s1. The first kappa shape index (κ1) is 20.4. The first-order chi connectivity index (χ1) is 14.4. The second kappa shape index (κ2) is 8.47. The van der Waals surface area contributed by atoms with Crippen molar-refractivity contribution in [3.05, 3.63) is 76.0 Å². The lowest BCUT2D eigenvalue weighted by Crippen LogP contribution is -2.28. The molecular weight excluding hydrogens is 420 g/mol. The molecular formula is C21H20N4O3S2. The van der Waals surface area contributed by atoms with Gasteiger partial charge in [-0.2, -0.15) is 5.10 Å². The molecule has 1 N–H and O–H groups in total. The minimum Gasteiger partial charge on any atom is -0.268 e. The highest BCUT2D eigenvalue weighted by molar-refractivity contribution is 7.89. The molecule has 9 heteroatoms. The predicted molar refractivity (Wildman–Crippen MR) is 118 cm³/mol. The van der Waals surface area contributed by atoms with Crippen LogP contribution in [0, 0.1) is 6.92 Å². The van der Waals surface area contributed by atoms with E-state index in [0.717, 1.165) is 20.8 Å². The molecule has 0 amide bonds. The summed E-state index contributed by atoms with van der Waals surface area (Å²) in [5.74, 6) is 0. The first-order valence-electron chi connectivity index (χ1n) is 9.43. The van der Waals surface area contributed by atoms with Crippen molar-refractivity contribution in [3.63, 3.8) is 0 Å². The monoisotopic (exact) mass is 440 g/mol. The highest BCUT2D eigenvalue weighted by Crippen LogP contribution is 2.24. The van der Waals surface area contributed by atoms with Gasteiger partial charge in [0.25, 0.3) is 5.56 Å². The fraction of sp³-hybridized carbons (Fsp3) is 0.190. The number of fused-ring (bicyclic) bond motifs is 1. The van der Waals surface area contributed by atoms with Gasteiger partial charge in [-0.3, -0.25) is 4.79 Å². The Morgan fingerprint density at radius 2 is 1.87 bits per heavy atom. The van der Waals surface area contributed by atoms with Crippen LogP contribution in [0.1, 0.15) is 11.4 Å². The van der Waals surface area contributed by atoms with Crippen LogP contribution in [0.25, 0.3) is 21.5 Å². The average Bonchev–Trinajstić information content (AvgIpc) is 3.12. The molecule has 2 aromatic heterocycles. The lowest BCUT2D eigenvalue weighted by atomic mass is 10.1. The molecule has 0 atom stereocenters. The summed E-state index contributed by atoms with van der Waals surface area (Å²) in [5, 5.41) is 5.28. The largest absolute Gasteiger partial charge is 0.268 e. The zero-order valence-corrected chi connectivity index (χ0v) is 17.9. The number of aromatic nitrogens is 3. The van der Waals surface area contributed by atoms with Crippen LogP contribution in [0.3, 0.4) is 0 Å². The maximum atomic E-state index is 12.6. The van der Waals surface area contributed by atoms with Gasteiger partial charge in [0.2, 0.25) is 10.0 Å². The standard InChI is InChI=1S/C21H20N4O3S2/c1-15-23-19-9-8-17(14-20(19)29-15)30(27,28)22-12-5-13-25-21(26)11-10-18(24-25)16-6-3-2-4-7-16/h2-4,6-11,14,22H,5,12-13H2,1H3. The summed E-state index contributed by atoms with van der Waals surface area (Å²) in [5.41, 5.74) is 2.19. The van der Waals surface area contributed by atoms with Crippen molar-refractivity contribution in [2.24, 2.45) is 0 Å². The summed E-state index contributed by atoms with van der Waals surface area (Å²) < 4.78 is 30.0. The quantitative estimate of drug-likeness (QED) is 0.446. The summed E-state index contributed by atoms with van der Waals surface area (Å²) >= 11 is 1.46. The first-order valence-corrected chi connectivity index (χ1v) is 11.7. The zero-order chi connectivity index (χ0) is 21.1. The number of hydrogen-bond acceptors (Lipinski definition) is 6. The Morgan fingerprint density at radius 3 is 2.67 bits per heavy atom. The third kappa shape index (κ3) is 4.48. The highest BCUT2D eigenvalue weighted by atomic mass is 32.2. The lowest BCUT2D eigenvalue weighted by Gasteiger charge is -2.09. The van der Waals surface area contributed by atoms with Crippen molar-refractivity contribution in [2.45, 2.75) is 24.8 Å². The van der Waals surface area contributed by atoms with Gasteiger partial charge in [-0.15, -0.1) is 11.3 Å². The number of rotatable bonds is 7. The predicted octanol–water partition coefficient (Wildman–Crippen LogP) is 3.20. The third-order valence-electron chi connectivity index (χ3n) is 4.55. The molecule has 0 aliphatic heterocycles. The Labute approximate surface area is 178 Å². The number of nitrogens with zero attached hydrogens (tertiary/aromatic N) is 3. The fourth-order valence-electron chi connectivity index (χ4n) is 3.08. The number of thiazole rings is 1. The summed E-state index contributed by atoms with van der Waals surface area (Å²) in [4.78, 5) is 16.7. The maximum Gasteiger partial charge on any atom is 0.266 e. The van der Waals surface area contributed by atoms with Crippen molar-refractivity contribution in [1.82, 2.24) is 19.5 Å². The summed E-state index contributed by atoms with van der Waals surface area (Å²) in [6.45, 7) is 2.40. The summed E-state index contributed by atoms with van der Waals surface area (Å²) in [6, 6.07) is 17.7. The molecule has 154 valence electrons. The van der Waals surface area contributed by atoms with Gasteiger partial charge in [-0.25, -0.2) is 22.8 Å². The van der Waals surface area contributed by atoms with Gasteiger partial charge in [-0.05, 0) is 37.6 Å². The fourth-order valence-corrected chi connectivity index (χ4v) is 5.12. The zero-order valence-electron chi connectivity index (χ0n) is 16.3. The van der Waals surface area contributed by atoms with Crippen LogP contribution in [0.15, 0.2) is 70.4 Å². The van der Waals surface area contributed by atoms with E-state index in [0.29, 0.717) is 18.7 Å². The molecule has 0 saturated heterocycles. The van der Waals surface area contributed by atoms with Crippen LogP contribution in [0.5, 0.6) is 0 Å². The molecule has 4 rings (SSSR count). The normalized spacial score (nSPS) is 11.8. The van der Waals surface area contributed by atoms with Crippen molar-refractivity contribution < 1.29 is 8.42 Å². The van der Waals surface area contributed by atoms with Gasteiger partial charge in [0.15, 0.2) is 0 Å². The summed E-state index contributed by atoms with van der Waals surface area (Å²) in [7, 11) is -3.64. The van der Waals surface area contributed by atoms with E-state index in [1.54, 1.807) is 24.3 Å². The van der Waals surface area contributed by atoms with Crippen LogP contribution in [0.2, 0.25) is 0 Å². The number of nitrogens with one attached hydrogen (secondary N) is 1. The minimum atomic E-state index is -3.64. The van der Waals surface area contributed by atoms with Gasteiger partial charge in [0, 0.05) is 24.7 Å². The number of aryl methyl sites for hydroxylation is 2. The van der Waals surface area contributed by atoms with Gasteiger partial charge in [0.1, 0.15) is 0 Å². The minimum absolute atomic E-state index is 0.200. The van der Waals surface area contributed by atoms with Gasteiger partial charge in [0.05, 0.1) is 25.8 Å². The van der Waals surface area contributed by atoms with Gasteiger partial charge < -0.3 is 0 Å². The summed E-state index contributed by atoms with van der Waals surface area (Å²) in [6.07, 6.45) is 0.437. The molecule has 7 nitrogen and oxygen atoms in total. The third-order valence-corrected chi connectivity index (χ3v) is 6.94. The van der Waals surface area contributed by atoms with Crippen molar-refractivity contribution in [3.8, 4) is 11.3 Å². The molecule has 0 fully saturated rings. The van der Waals surface area contributed by atoms with E-state index in [9.17, 15) is 13.2 Å². The molecule has 0 radical (unpaired) electrons. The molecule has 4 aromatic rings. The van der Waals surface area contributed by atoms with Crippen molar-refractivity contribution in [1.29, 1.82) is 0 Å². The van der Waals surface area contributed by atoms with Gasteiger partial charge >= 0.3 is 0 Å². The number of hydrogen-bond donors (Lipinski definition) is 1. The second-order valence-electron chi connectivity index (χ2n) is 6.76. The van der Waals surface area contributed by atoms with E-state index in [1.807, 2.05) is 37.3 Å². The molecule has 0 aliphatic rings. The average molecular weight is 441 g/mol. The van der Waals surface area contributed by atoms with E-state index < -0.39 is 10.0 Å². The van der Waals surface area contributed by atoms with Crippen LogP contribution in [-0.4, -0.2) is 29.7 Å². The molecule has 0 unspecified atom stereocenters. The molecule has 2 heterocycles. The molecule has 0 saturated carbocycles. The Kier molecular flexibility index (Phi) is 5.76. The number of sulfonamides is 1. The molecule has 30 heavy (non-hydrogen) atoms.